The molecular formula is C23H20Cl2F3N7O4. The number of aliphatic hydroxyl groups is 1. The molecule has 206 valence electrons. The molecule has 0 spiro atoms. The van der Waals surface area contributed by atoms with Crippen molar-refractivity contribution in [1.29, 1.82) is 0 Å². The minimum atomic E-state index is -4.97. The Morgan fingerprint density at radius 3 is 2.46 bits per heavy atom. The zero-order chi connectivity index (χ0) is 28.5. The Morgan fingerprint density at radius 1 is 1.15 bits per heavy atom. The van der Waals surface area contributed by atoms with Gasteiger partial charge in [0, 0.05) is 23.7 Å². The molecule has 3 aromatic heterocycles. The molecule has 0 aliphatic heterocycles. The van der Waals surface area contributed by atoms with E-state index in [4.69, 9.17) is 27.9 Å². The number of alkyl halides is 3. The van der Waals surface area contributed by atoms with Crippen LogP contribution in [0.1, 0.15) is 31.6 Å². The number of nitrogens with zero attached hydrogens (tertiary/aromatic N) is 7. The highest BCUT2D eigenvalue weighted by Gasteiger charge is 2.39. The Hall–Kier alpha value is -3.75. The average Bonchev–Trinajstić information content (AvgIpc) is 3.41. The molecule has 4 rings (SSSR count). The second kappa shape index (κ2) is 11.2. The van der Waals surface area contributed by atoms with Crippen molar-refractivity contribution in [3.63, 3.8) is 0 Å². The van der Waals surface area contributed by atoms with Gasteiger partial charge in [0.25, 0.3) is 0 Å². The van der Waals surface area contributed by atoms with Crippen molar-refractivity contribution >= 4 is 29.2 Å². The smallest absolute Gasteiger partial charge is 0.416 e. The Morgan fingerprint density at radius 2 is 1.85 bits per heavy atom. The predicted molar refractivity (Wildman–Crippen MR) is 132 cm³/mol. The SMILES string of the molecule is CC(=O)O[C@H](C)c1nc(Cn2nc(-c3ccc(Cl)cc3)n(C[C@H](O)C(F)(F)F)c2=O)nn1-c1ncccc1Cl. The highest BCUT2D eigenvalue weighted by atomic mass is 35.5. The number of rotatable bonds is 8. The molecule has 11 nitrogen and oxygen atoms in total. The summed E-state index contributed by atoms with van der Waals surface area (Å²) < 4.78 is 47.4. The Bertz CT molecular complexity index is 1550. The van der Waals surface area contributed by atoms with Crippen LogP contribution in [0.25, 0.3) is 17.2 Å². The van der Waals surface area contributed by atoms with Crippen LogP contribution < -0.4 is 5.69 Å². The molecule has 3 heterocycles. The van der Waals surface area contributed by atoms with Crippen molar-refractivity contribution in [3.05, 3.63) is 74.8 Å². The van der Waals surface area contributed by atoms with Gasteiger partial charge < -0.3 is 9.84 Å². The maximum Gasteiger partial charge on any atom is 0.416 e. The number of halogens is 5. The fourth-order valence-corrected chi connectivity index (χ4v) is 3.95. The molecule has 39 heavy (non-hydrogen) atoms. The van der Waals surface area contributed by atoms with E-state index in [0.29, 0.717) is 9.59 Å². The molecule has 0 amide bonds. The van der Waals surface area contributed by atoms with Crippen molar-refractivity contribution in [1.82, 2.24) is 34.1 Å². The van der Waals surface area contributed by atoms with Gasteiger partial charge in [-0.05, 0) is 43.3 Å². The van der Waals surface area contributed by atoms with Gasteiger partial charge in [-0.25, -0.2) is 19.4 Å². The summed E-state index contributed by atoms with van der Waals surface area (Å²) in [5, 5.41) is 18.8. The molecule has 0 aliphatic rings. The number of aromatic nitrogens is 7. The first kappa shape index (κ1) is 28.3. The van der Waals surface area contributed by atoms with E-state index in [1.165, 1.54) is 42.1 Å². The molecule has 2 atom stereocenters. The zero-order valence-electron chi connectivity index (χ0n) is 20.3. The van der Waals surface area contributed by atoms with E-state index in [2.05, 4.69) is 20.2 Å². The van der Waals surface area contributed by atoms with Gasteiger partial charge in [0.05, 0.1) is 11.6 Å². The topological polar surface area (TPSA) is 130 Å². The fourth-order valence-electron chi connectivity index (χ4n) is 3.62. The number of benzene rings is 1. The van der Waals surface area contributed by atoms with Crippen molar-refractivity contribution in [2.24, 2.45) is 0 Å². The van der Waals surface area contributed by atoms with Gasteiger partial charge in [0.2, 0.25) is 0 Å². The third kappa shape index (κ3) is 6.29. The predicted octanol–water partition coefficient (Wildman–Crippen LogP) is 3.59. The van der Waals surface area contributed by atoms with Gasteiger partial charge in [0.15, 0.2) is 35.5 Å². The largest absolute Gasteiger partial charge is 0.455 e. The van der Waals surface area contributed by atoms with Crippen LogP contribution in [0.4, 0.5) is 13.2 Å². The van der Waals surface area contributed by atoms with Gasteiger partial charge in [-0.1, -0.05) is 23.2 Å². The molecule has 0 fully saturated rings. The van der Waals surface area contributed by atoms with Crippen LogP contribution in [0, 0.1) is 0 Å². The summed E-state index contributed by atoms with van der Waals surface area (Å²) in [6, 6.07) is 9.06. The van der Waals surface area contributed by atoms with E-state index in [0.717, 1.165) is 4.68 Å². The first-order valence-electron chi connectivity index (χ1n) is 11.3. The number of hydrogen-bond donors (Lipinski definition) is 1. The number of carbonyl (C=O) groups excluding carboxylic acids is 1. The van der Waals surface area contributed by atoms with Gasteiger partial charge in [-0.15, -0.1) is 10.2 Å². The first-order chi connectivity index (χ1) is 18.3. The van der Waals surface area contributed by atoms with Crippen molar-refractivity contribution < 1.29 is 27.8 Å². The molecule has 0 saturated heterocycles. The van der Waals surface area contributed by atoms with Crippen LogP contribution in [-0.2, 0) is 22.6 Å². The summed E-state index contributed by atoms with van der Waals surface area (Å²) in [6.45, 7) is 1.28. The lowest BCUT2D eigenvalue weighted by molar-refractivity contribution is -0.207. The Labute approximate surface area is 228 Å². The maximum absolute atomic E-state index is 13.2. The summed E-state index contributed by atoms with van der Waals surface area (Å²) in [6.07, 6.45) is -7.23. The molecule has 0 bridgehead atoms. The molecule has 0 radical (unpaired) electrons. The van der Waals surface area contributed by atoms with E-state index in [9.17, 15) is 27.9 Å². The van der Waals surface area contributed by atoms with E-state index in [1.807, 2.05) is 0 Å². The minimum Gasteiger partial charge on any atom is -0.455 e. The first-order valence-corrected chi connectivity index (χ1v) is 12.0. The second-order valence-electron chi connectivity index (χ2n) is 8.30. The Kier molecular flexibility index (Phi) is 8.09. The molecule has 16 heteroatoms. The molecular weight excluding hydrogens is 566 g/mol. The third-order valence-corrected chi connectivity index (χ3v) is 5.92. The normalized spacial score (nSPS) is 13.3. The van der Waals surface area contributed by atoms with Crippen molar-refractivity contribution in [2.45, 2.75) is 45.3 Å². The molecule has 4 aromatic rings. The van der Waals surface area contributed by atoms with E-state index in [-0.39, 0.29) is 40.4 Å². The number of esters is 1. The molecule has 0 saturated carbocycles. The van der Waals surface area contributed by atoms with Gasteiger partial charge in [-0.2, -0.15) is 17.9 Å². The quantitative estimate of drug-likeness (QED) is 0.310. The number of hydrogen-bond acceptors (Lipinski definition) is 8. The van der Waals surface area contributed by atoms with E-state index < -0.39 is 36.6 Å². The van der Waals surface area contributed by atoms with E-state index >= 15 is 0 Å². The molecule has 1 N–H and O–H groups in total. The summed E-state index contributed by atoms with van der Waals surface area (Å²) in [4.78, 5) is 33.3. The second-order valence-corrected chi connectivity index (χ2v) is 9.14. The molecule has 0 unspecified atom stereocenters. The van der Waals surface area contributed by atoms with Gasteiger partial charge in [0.1, 0.15) is 6.54 Å². The maximum atomic E-state index is 13.2. The lowest BCUT2D eigenvalue weighted by atomic mass is 10.2. The van der Waals surface area contributed by atoms with Crippen molar-refractivity contribution in [2.75, 3.05) is 0 Å². The number of carbonyl (C=O) groups is 1. The number of ether oxygens (including phenoxy) is 1. The average molecular weight is 586 g/mol. The number of pyridine rings is 1. The zero-order valence-corrected chi connectivity index (χ0v) is 21.8. The lowest BCUT2D eigenvalue weighted by Crippen LogP contribution is -2.37. The fraction of sp³-hybridized carbons (Fsp3) is 0.304. The summed E-state index contributed by atoms with van der Waals surface area (Å²) in [7, 11) is 0. The highest BCUT2D eigenvalue weighted by molar-refractivity contribution is 6.32. The summed E-state index contributed by atoms with van der Waals surface area (Å²) in [5.41, 5.74) is -0.669. The summed E-state index contributed by atoms with van der Waals surface area (Å²) in [5.74, 6) is -0.438. The molecule has 0 aliphatic carbocycles. The minimum absolute atomic E-state index is 0.00324. The monoisotopic (exact) mass is 585 g/mol. The highest BCUT2D eigenvalue weighted by Crippen LogP contribution is 2.25. The summed E-state index contributed by atoms with van der Waals surface area (Å²) >= 11 is 12.2. The lowest BCUT2D eigenvalue weighted by Gasteiger charge is -2.15. The third-order valence-electron chi connectivity index (χ3n) is 5.37. The van der Waals surface area contributed by atoms with E-state index in [1.54, 1.807) is 19.1 Å². The van der Waals surface area contributed by atoms with Crippen LogP contribution in [-0.4, -0.2) is 57.5 Å². The van der Waals surface area contributed by atoms with Crippen LogP contribution in [0.3, 0.4) is 0 Å². The van der Waals surface area contributed by atoms with Crippen LogP contribution in [0.5, 0.6) is 0 Å². The standard InChI is InChI=1S/C23H20Cl2F3N7O4/c1-12(39-13(2)36)19-30-18(31-35(19)21-16(25)4-3-9-29-21)11-34-22(38)33(10-17(37)23(26,27)28)20(32-34)14-5-7-15(24)8-6-14/h3-9,12,17,37H,10-11H2,1-2H3/t12-,17+/m1/s1. The van der Waals surface area contributed by atoms with Crippen molar-refractivity contribution in [3.8, 4) is 17.2 Å². The van der Waals surface area contributed by atoms with Crippen LogP contribution in [0.2, 0.25) is 10.0 Å². The van der Waals surface area contributed by atoms with Gasteiger partial charge in [-0.3, -0.25) is 9.36 Å². The van der Waals surface area contributed by atoms with Crippen LogP contribution >= 0.6 is 23.2 Å². The molecule has 1 aromatic carbocycles. The van der Waals surface area contributed by atoms with Gasteiger partial charge >= 0.3 is 17.8 Å². The Balaban J connectivity index is 1.79. The van der Waals surface area contributed by atoms with Crippen LogP contribution in [0.15, 0.2) is 47.4 Å². The number of aliphatic hydroxyl groups excluding tert-OH is 1.